The number of hydrogen-bond donors (Lipinski definition) is 2. The summed E-state index contributed by atoms with van der Waals surface area (Å²) in [5.74, 6) is 3.37. The first-order valence-corrected chi connectivity index (χ1v) is 9.17. The quantitative estimate of drug-likeness (QED) is 0.736. The van der Waals surface area contributed by atoms with Gasteiger partial charge in [-0.2, -0.15) is 11.8 Å². The molecule has 23 heavy (non-hydrogen) atoms. The van der Waals surface area contributed by atoms with E-state index in [1.807, 2.05) is 25.6 Å². The average molecular weight is 346 g/mol. The fraction of sp³-hybridized carbons (Fsp3) is 0.875. The van der Waals surface area contributed by atoms with Crippen LogP contribution >= 0.6 is 11.8 Å². The monoisotopic (exact) mass is 346 g/mol. The molecule has 0 saturated carbocycles. The fourth-order valence-electron chi connectivity index (χ4n) is 3.04. The highest BCUT2D eigenvalue weighted by molar-refractivity contribution is 7.99. The average Bonchev–Trinajstić information content (AvgIpc) is 2.42. The molecule has 0 aromatic rings. The number of alkyl carbamates (subject to hydrolysis) is 1. The van der Waals surface area contributed by atoms with Gasteiger partial charge in [0.05, 0.1) is 6.61 Å². The normalized spacial score (nSPS) is 26.4. The molecule has 1 rings (SSSR count). The van der Waals surface area contributed by atoms with Crippen LogP contribution < -0.4 is 11.1 Å². The lowest BCUT2D eigenvalue weighted by atomic mass is 9.78. The SMILES string of the molecule is COC[C@H](NC(=O)OC(C)(C)CC1C(C)CSCC1C)C(N)=O. The number of rotatable bonds is 7. The predicted molar refractivity (Wildman–Crippen MR) is 92.3 cm³/mol. The molecular formula is C16H30N2O4S. The molecule has 0 bridgehead atoms. The zero-order valence-electron chi connectivity index (χ0n) is 14.8. The molecule has 134 valence electrons. The van der Waals surface area contributed by atoms with Gasteiger partial charge < -0.3 is 20.5 Å². The van der Waals surface area contributed by atoms with Crippen molar-refractivity contribution >= 4 is 23.8 Å². The van der Waals surface area contributed by atoms with Gasteiger partial charge in [-0.05, 0) is 49.5 Å². The first-order chi connectivity index (χ1) is 10.7. The van der Waals surface area contributed by atoms with Crippen LogP contribution in [0.3, 0.4) is 0 Å². The molecule has 7 heteroatoms. The van der Waals surface area contributed by atoms with Crippen LogP contribution in [0.15, 0.2) is 0 Å². The summed E-state index contributed by atoms with van der Waals surface area (Å²) < 4.78 is 10.4. The zero-order chi connectivity index (χ0) is 17.6. The van der Waals surface area contributed by atoms with Gasteiger partial charge in [0.15, 0.2) is 0 Å². The van der Waals surface area contributed by atoms with Gasteiger partial charge >= 0.3 is 6.09 Å². The molecule has 0 aromatic heterocycles. The highest BCUT2D eigenvalue weighted by Crippen LogP contribution is 2.38. The van der Waals surface area contributed by atoms with Crippen molar-refractivity contribution in [1.82, 2.24) is 5.32 Å². The van der Waals surface area contributed by atoms with Crippen molar-refractivity contribution in [3.05, 3.63) is 0 Å². The number of hydrogen-bond acceptors (Lipinski definition) is 5. The maximum atomic E-state index is 12.1. The third-order valence-corrected chi connectivity index (χ3v) is 5.81. The number of carbonyl (C=O) groups excluding carboxylic acids is 2. The van der Waals surface area contributed by atoms with Crippen LogP contribution in [0.1, 0.15) is 34.1 Å². The molecular weight excluding hydrogens is 316 g/mol. The number of methoxy groups -OCH3 is 1. The van der Waals surface area contributed by atoms with Crippen molar-refractivity contribution in [2.45, 2.75) is 45.8 Å². The molecule has 2 amide bonds. The van der Waals surface area contributed by atoms with E-state index in [1.165, 1.54) is 7.11 Å². The van der Waals surface area contributed by atoms with E-state index in [0.29, 0.717) is 17.8 Å². The van der Waals surface area contributed by atoms with Gasteiger partial charge in [0.25, 0.3) is 0 Å². The number of ether oxygens (including phenoxy) is 2. The van der Waals surface area contributed by atoms with Crippen molar-refractivity contribution < 1.29 is 19.1 Å². The Labute approximate surface area is 143 Å². The van der Waals surface area contributed by atoms with Gasteiger partial charge in [-0.15, -0.1) is 0 Å². The second-order valence-corrected chi connectivity index (χ2v) is 8.14. The highest BCUT2D eigenvalue weighted by atomic mass is 32.2. The molecule has 3 atom stereocenters. The Bertz CT molecular complexity index is 407. The van der Waals surface area contributed by atoms with E-state index >= 15 is 0 Å². The first kappa shape index (κ1) is 20.1. The van der Waals surface area contributed by atoms with Gasteiger partial charge in [0.2, 0.25) is 5.91 Å². The Morgan fingerprint density at radius 3 is 2.35 bits per heavy atom. The maximum absolute atomic E-state index is 12.1. The van der Waals surface area contributed by atoms with Crippen molar-refractivity contribution in [2.24, 2.45) is 23.5 Å². The Balaban J connectivity index is 2.58. The molecule has 0 radical (unpaired) electrons. The lowest BCUT2D eigenvalue weighted by Crippen LogP contribution is -2.49. The van der Waals surface area contributed by atoms with Gasteiger partial charge in [0, 0.05) is 7.11 Å². The van der Waals surface area contributed by atoms with Crippen LogP contribution in [0, 0.1) is 17.8 Å². The number of nitrogens with two attached hydrogens (primary N) is 1. The van der Waals surface area contributed by atoms with E-state index in [9.17, 15) is 9.59 Å². The Hall–Kier alpha value is -0.950. The third kappa shape index (κ3) is 6.59. The molecule has 1 aliphatic rings. The summed E-state index contributed by atoms with van der Waals surface area (Å²) in [5.41, 5.74) is 4.63. The van der Waals surface area contributed by atoms with Crippen LogP contribution in [0.5, 0.6) is 0 Å². The van der Waals surface area contributed by atoms with Crippen molar-refractivity contribution in [1.29, 1.82) is 0 Å². The Kier molecular flexibility index (Phi) is 7.67. The topological polar surface area (TPSA) is 90.7 Å². The number of thioether (sulfide) groups is 1. The Morgan fingerprint density at radius 1 is 1.30 bits per heavy atom. The minimum atomic E-state index is -0.882. The van der Waals surface area contributed by atoms with Crippen molar-refractivity contribution in [3.8, 4) is 0 Å². The predicted octanol–water partition coefficient (Wildman–Crippen LogP) is 2.02. The van der Waals surface area contributed by atoms with E-state index in [4.69, 9.17) is 15.2 Å². The van der Waals surface area contributed by atoms with Crippen molar-refractivity contribution in [2.75, 3.05) is 25.2 Å². The lowest BCUT2D eigenvalue weighted by molar-refractivity contribution is -0.121. The molecule has 0 aliphatic carbocycles. The van der Waals surface area contributed by atoms with Crippen LogP contribution in [-0.2, 0) is 14.3 Å². The van der Waals surface area contributed by atoms with Gasteiger partial charge in [0.1, 0.15) is 11.6 Å². The van der Waals surface area contributed by atoms with Gasteiger partial charge in [-0.3, -0.25) is 4.79 Å². The fourth-order valence-corrected chi connectivity index (χ4v) is 4.42. The minimum absolute atomic E-state index is 0.0266. The molecule has 1 fully saturated rings. The summed E-state index contributed by atoms with van der Waals surface area (Å²) in [6.45, 7) is 8.35. The van der Waals surface area contributed by atoms with E-state index in [2.05, 4.69) is 19.2 Å². The summed E-state index contributed by atoms with van der Waals surface area (Å²) in [4.78, 5) is 23.3. The standard InChI is InChI=1S/C16H30N2O4S/c1-10-8-23-9-11(2)12(10)6-16(3,4)22-15(20)18-13(7-21-5)14(17)19/h10-13H,6-9H2,1-5H3,(H2,17,19)(H,18,20)/t10?,11?,12?,13-/m0/s1. The smallest absolute Gasteiger partial charge is 0.408 e. The summed E-state index contributed by atoms with van der Waals surface area (Å²) in [6, 6.07) is -0.882. The lowest BCUT2D eigenvalue weighted by Gasteiger charge is -2.39. The molecule has 1 saturated heterocycles. The number of nitrogens with one attached hydrogen (secondary N) is 1. The molecule has 6 nitrogen and oxygen atoms in total. The highest BCUT2D eigenvalue weighted by Gasteiger charge is 2.35. The van der Waals surface area contributed by atoms with Crippen molar-refractivity contribution in [3.63, 3.8) is 0 Å². The first-order valence-electron chi connectivity index (χ1n) is 8.01. The number of primary amides is 1. The second-order valence-electron chi connectivity index (χ2n) is 7.06. The number of amides is 2. The molecule has 1 aliphatic heterocycles. The molecule has 0 spiro atoms. The summed E-state index contributed by atoms with van der Waals surface area (Å²) in [6.07, 6.45) is 0.163. The minimum Gasteiger partial charge on any atom is -0.444 e. The molecule has 1 heterocycles. The zero-order valence-corrected chi connectivity index (χ0v) is 15.6. The van der Waals surface area contributed by atoms with E-state index < -0.39 is 23.6 Å². The van der Waals surface area contributed by atoms with E-state index in [0.717, 1.165) is 17.9 Å². The summed E-state index contributed by atoms with van der Waals surface area (Å²) in [7, 11) is 1.44. The number of carbonyl (C=O) groups is 2. The maximum Gasteiger partial charge on any atom is 0.408 e. The molecule has 0 aromatic carbocycles. The Morgan fingerprint density at radius 2 is 1.87 bits per heavy atom. The molecule has 3 N–H and O–H groups in total. The summed E-state index contributed by atoms with van der Waals surface area (Å²) >= 11 is 1.99. The van der Waals surface area contributed by atoms with Crippen LogP contribution in [-0.4, -0.2) is 48.9 Å². The largest absolute Gasteiger partial charge is 0.444 e. The van der Waals surface area contributed by atoms with Crippen LogP contribution in [0.4, 0.5) is 4.79 Å². The van der Waals surface area contributed by atoms with Gasteiger partial charge in [-0.1, -0.05) is 13.8 Å². The van der Waals surface area contributed by atoms with Crippen LogP contribution in [0.2, 0.25) is 0 Å². The van der Waals surface area contributed by atoms with E-state index in [-0.39, 0.29) is 6.61 Å². The van der Waals surface area contributed by atoms with Crippen LogP contribution in [0.25, 0.3) is 0 Å². The molecule has 2 unspecified atom stereocenters. The summed E-state index contributed by atoms with van der Waals surface area (Å²) in [5, 5.41) is 2.47. The van der Waals surface area contributed by atoms with Gasteiger partial charge in [-0.25, -0.2) is 4.79 Å². The van der Waals surface area contributed by atoms with E-state index in [1.54, 1.807) is 0 Å². The second kappa shape index (κ2) is 8.78. The third-order valence-electron chi connectivity index (χ3n) is 4.29.